The van der Waals surface area contributed by atoms with Crippen LogP contribution in [0.5, 0.6) is 0 Å². The second kappa shape index (κ2) is 6.83. The van der Waals surface area contributed by atoms with E-state index in [9.17, 15) is 13.7 Å². The molecule has 1 heterocycles. The molecule has 0 radical (unpaired) electrons. The number of piperazine rings is 1. The van der Waals surface area contributed by atoms with Gasteiger partial charge in [0.05, 0.1) is 24.4 Å². The van der Waals surface area contributed by atoms with Gasteiger partial charge in [0.1, 0.15) is 11.6 Å². The molecule has 0 aliphatic carbocycles. The number of rotatable bonds is 4. The van der Waals surface area contributed by atoms with Crippen molar-refractivity contribution in [3.63, 3.8) is 0 Å². The molecule has 0 bridgehead atoms. The zero-order valence-corrected chi connectivity index (χ0v) is 12.5. The summed E-state index contributed by atoms with van der Waals surface area (Å²) in [5, 5.41) is 4.46. The first-order valence-corrected chi connectivity index (χ1v) is 7.50. The van der Waals surface area contributed by atoms with Crippen molar-refractivity contribution < 1.29 is 8.78 Å². The van der Waals surface area contributed by atoms with E-state index in [4.69, 9.17) is 0 Å². The summed E-state index contributed by atoms with van der Waals surface area (Å²) in [4.78, 5) is 12.8. The smallest absolute Gasteiger partial charge is 0.123 e. The van der Waals surface area contributed by atoms with Gasteiger partial charge in [0.15, 0.2) is 0 Å². The summed E-state index contributed by atoms with van der Waals surface area (Å²) < 4.78 is 26.5. The Kier molecular flexibility index (Phi) is 4.62. The van der Waals surface area contributed by atoms with Crippen LogP contribution >= 0.6 is 0 Å². The average molecular weight is 317 g/mol. The van der Waals surface area contributed by atoms with Crippen molar-refractivity contribution in [1.29, 1.82) is 0 Å². The van der Waals surface area contributed by atoms with Crippen LogP contribution in [0.4, 0.5) is 8.78 Å². The Bertz CT molecular complexity index is 607. The highest BCUT2D eigenvalue weighted by molar-refractivity contribution is 5.32. The number of hydrogen-bond donors (Lipinski definition) is 0. The molecule has 0 N–H and O–H groups in total. The van der Waals surface area contributed by atoms with E-state index in [1.54, 1.807) is 24.3 Å². The van der Waals surface area contributed by atoms with Gasteiger partial charge in [-0.25, -0.2) is 8.78 Å². The van der Waals surface area contributed by atoms with Crippen LogP contribution < -0.4 is 0 Å². The topological polar surface area (TPSA) is 35.9 Å². The van der Waals surface area contributed by atoms with E-state index >= 15 is 0 Å². The Hall–Kier alpha value is -2.34. The molecule has 6 heteroatoms. The zero-order valence-electron chi connectivity index (χ0n) is 12.5. The first-order valence-electron chi connectivity index (χ1n) is 7.50. The molecule has 0 amide bonds. The lowest BCUT2D eigenvalue weighted by Crippen LogP contribution is -2.45. The Labute approximate surface area is 133 Å². The average Bonchev–Trinajstić information content (AvgIpc) is 2.59. The Morgan fingerprint density at radius 3 is 1.61 bits per heavy atom. The van der Waals surface area contributed by atoms with Crippen LogP contribution in [-0.2, 0) is 0 Å². The van der Waals surface area contributed by atoms with E-state index in [0.717, 1.165) is 11.1 Å². The van der Waals surface area contributed by atoms with Gasteiger partial charge >= 0.3 is 0 Å². The molecule has 2 aromatic rings. The monoisotopic (exact) mass is 317 g/mol. The number of halogens is 2. The Morgan fingerprint density at radius 1 is 0.783 bits per heavy atom. The maximum Gasteiger partial charge on any atom is 0.123 e. The lowest BCUT2D eigenvalue weighted by atomic mass is 9.96. The van der Waals surface area contributed by atoms with Gasteiger partial charge < -0.3 is 0 Å². The van der Waals surface area contributed by atoms with Gasteiger partial charge in [-0.3, -0.25) is 9.91 Å². The molecule has 0 saturated carbocycles. The maximum absolute atomic E-state index is 13.2. The molecule has 4 nitrogen and oxygen atoms in total. The summed E-state index contributed by atoms with van der Waals surface area (Å²) in [5.74, 6) is -0.580. The van der Waals surface area contributed by atoms with Gasteiger partial charge in [-0.05, 0) is 35.4 Å². The molecule has 1 fully saturated rings. The second-order valence-electron chi connectivity index (χ2n) is 5.58. The lowest BCUT2D eigenvalue weighted by molar-refractivity contribution is 0.111. The van der Waals surface area contributed by atoms with Crippen LogP contribution in [0.3, 0.4) is 0 Å². The molecule has 0 spiro atoms. The summed E-state index contributed by atoms with van der Waals surface area (Å²) in [6.07, 6.45) is 0. The molecule has 0 aromatic heterocycles. The van der Waals surface area contributed by atoms with Crippen molar-refractivity contribution in [2.75, 3.05) is 26.2 Å². The second-order valence-corrected chi connectivity index (χ2v) is 5.58. The third-order valence-corrected chi connectivity index (χ3v) is 4.14. The number of nitrogens with zero attached hydrogens (tertiary/aromatic N) is 3. The minimum atomic E-state index is -0.290. The van der Waals surface area contributed by atoms with Crippen molar-refractivity contribution in [2.45, 2.75) is 6.04 Å². The van der Waals surface area contributed by atoms with Crippen LogP contribution in [0.2, 0.25) is 0 Å². The summed E-state index contributed by atoms with van der Waals surface area (Å²) in [5.41, 5.74) is 1.87. The standard InChI is InChI=1S/C17H17F2N3O/c18-15-5-1-13(2-6-15)17(14-3-7-16(19)8-4-14)21-9-11-22(20-23)12-10-21/h1-8,17H,9-12H2. The van der Waals surface area contributed by atoms with E-state index < -0.39 is 0 Å². The first-order chi connectivity index (χ1) is 11.2. The lowest BCUT2D eigenvalue weighted by Gasteiger charge is -2.37. The molecular formula is C17H17F2N3O. The largest absolute Gasteiger partial charge is 0.289 e. The fourth-order valence-electron chi connectivity index (χ4n) is 2.96. The Balaban J connectivity index is 1.91. The van der Waals surface area contributed by atoms with E-state index in [-0.39, 0.29) is 17.7 Å². The molecule has 2 aromatic carbocycles. The predicted octanol–water partition coefficient (Wildman–Crippen LogP) is 3.35. The van der Waals surface area contributed by atoms with Crippen molar-refractivity contribution in [1.82, 2.24) is 9.91 Å². The van der Waals surface area contributed by atoms with Gasteiger partial charge in [-0.2, -0.15) is 0 Å². The van der Waals surface area contributed by atoms with Crippen LogP contribution in [0.15, 0.2) is 53.8 Å². The molecule has 1 aliphatic heterocycles. The minimum absolute atomic E-state index is 0.106. The third-order valence-electron chi connectivity index (χ3n) is 4.14. The number of hydrogen-bond acceptors (Lipinski definition) is 3. The number of nitroso groups, excluding NO2 is 1. The molecule has 3 rings (SSSR count). The summed E-state index contributed by atoms with van der Waals surface area (Å²) in [6, 6.07) is 12.6. The highest BCUT2D eigenvalue weighted by atomic mass is 19.1. The molecule has 1 saturated heterocycles. The first kappa shape index (κ1) is 15.6. The Morgan fingerprint density at radius 2 is 1.22 bits per heavy atom. The summed E-state index contributed by atoms with van der Waals surface area (Å²) in [6.45, 7) is 2.40. The maximum atomic E-state index is 13.2. The highest BCUT2D eigenvalue weighted by Gasteiger charge is 2.26. The molecule has 120 valence electrons. The van der Waals surface area contributed by atoms with E-state index in [1.165, 1.54) is 29.3 Å². The van der Waals surface area contributed by atoms with Crippen LogP contribution in [0, 0.1) is 16.5 Å². The van der Waals surface area contributed by atoms with Gasteiger partial charge in [-0.15, -0.1) is 4.91 Å². The number of benzene rings is 2. The van der Waals surface area contributed by atoms with Crippen molar-refractivity contribution in [3.8, 4) is 0 Å². The van der Waals surface area contributed by atoms with Crippen molar-refractivity contribution in [3.05, 3.63) is 76.2 Å². The molecule has 23 heavy (non-hydrogen) atoms. The van der Waals surface area contributed by atoms with Gasteiger partial charge in [0.2, 0.25) is 0 Å². The van der Waals surface area contributed by atoms with Gasteiger partial charge in [0, 0.05) is 13.1 Å². The fraction of sp³-hybridized carbons (Fsp3) is 0.294. The van der Waals surface area contributed by atoms with Crippen molar-refractivity contribution in [2.24, 2.45) is 5.29 Å². The van der Waals surface area contributed by atoms with E-state index in [0.29, 0.717) is 26.2 Å². The molecule has 0 atom stereocenters. The van der Waals surface area contributed by atoms with Gasteiger partial charge in [0.25, 0.3) is 0 Å². The van der Waals surface area contributed by atoms with Crippen LogP contribution in [0.1, 0.15) is 17.2 Å². The third kappa shape index (κ3) is 3.53. The minimum Gasteiger partial charge on any atom is -0.289 e. The molecule has 1 aliphatic rings. The predicted molar refractivity (Wildman–Crippen MR) is 83.6 cm³/mol. The van der Waals surface area contributed by atoms with E-state index in [1.807, 2.05) is 0 Å². The SMILES string of the molecule is O=NN1CCN(C(c2ccc(F)cc2)c2ccc(F)cc2)CC1. The molecular weight excluding hydrogens is 300 g/mol. The normalized spacial score (nSPS) is 15.9. The van der Waals surface area contributed by atoms with E-state index in [2.05, 4.69) is 10.2 Å². The molecule has 0 unspecified atom stereocenters. The summed E-state index contributed by atoms with van der Waals surface area (Å²) >= 11 is 0. The highest BCUT2D eigenvalue weighted by Crippen LogP contribution is 2.30. The zero-order chi connectivity index (χ0) is 16.2. The summed E-state index contributed by atoms with van der Waals surface area (Å²) in [7, 11) is 0. The van der Waals surface area contributed by atoms with Crippen molar-refractivity contribution >= 4 is 0 Å². The van der Waals surface area contributed by atoms with Crippen LogP contribution in [0.25, 0.3) is 0 Å². The van der Waals surface area contributed by atoms with Crippen LogP contribution in [-0.4, -0.2) is 36.1 Å². The fourth-order valence-corrected chi connectivity index (χ4v) is 2.96. The van der Waals surface area contributed by atoms with Gasteiger partial charge in [-0.1, -0.05) is 24.3 Å². The quantitative estimate of drug-likeness (QED) is 0.811.